The van der Waals surface area contributed by atoms with Crippen LogP contribution in [0.1, 0.15) is 33.4 Å². The van der Waals surface area contributed by atoms with Gasteiger partial charge in [0.15, 0.2) is 0 Å². The Kier molecular flexibility index (Phi) is 8.11. The zero-order chi connectivity index (χ0) is 35.1. The molecule has 0 bridgehead atoms. The smallest absolute Gasteiger partial charge is 0.410 e. The van der Waals surface area contributed by atoms with E-state index in [0.717, 1.165) is 45.0 Å². The van der Waals surface area contributed by atoms with Crippen molar-refractivity contribution >= 4 is 22.7 Å². The predicted molar refractivity (Wildman–Crippen MR) is 196 cm³/mol. The van der Waals surface area contributed by atoms with Crippen LogP contribution in [0.4, 0.5) is 23.7 Å². The molecule has 1 aliphatic rings. The number of aromatic nitrogens is 1. The minimum Gasteiger partial charge on any atom is -0.410 e. The van der Waals surface area contributed by atoms with Gasteiger partial charge >= 0.3 is 12.3 Å². The monoisotopic (exact) mass is 676 g/mol. The number of ether oxygens (including phenoxy) is 1. The van der Waals surface area contributed by atoms with Crippen molar-refractivity contribution in [2.75, 3.05) is 5.32 Å². The maximum Gasteiger partial charge on any atom is 0.418 e. The lowest BCUT2D eigenvalue weighted by Gasteiger charge is -2.18. The largest absolute Gasteiger partial charge is 0.418 e. The summed E-state index contributed by atoms with van der Waals surface area (Å²) in [4.78, 5) is 17.6. The number of benzene rings is 6. The zero-order valence-electron chi connectivity index (χ0n) is 27.6. The quantitative estimate of drug-likeness (QED) is 0.191. The number of halogens is 3. The molecule has 6 aromatic carbocycles. The Labute approximate surface area is 293 Å². The van der Waals surface area contributed by atoms with E-state index in [9.17, 15) is 18.0 Å². The number of para-hydroxylation sites is 1. The third-order valence-corrected chi connectivity index (χ3v) is 9.31. The van der Waals surface area contributed by atoms with Gasteiger partial charge in [0.25, 0.3) is 0 Å². The summed E-state index contributed by atoms with van der Waals surface area (Å²) in [6.45, 7) is 1.94. The minimum absolute atomic E-state index is 0.132. The molecule has 1 aliphatic carbocycles. The minimum atomic E-state index is -4.63. The Hall–Kier alpha value is -6.21. The van der Waals surface area contributed by atoms with Gasteiger partial charge in [-0.3, -0.25) is 5.32 Å². The van der Waals surface area contributed by atoms with Crippen molar-refractivity contribution in [2.24, 2.45) is 0 Å². The van der Waals surface area contributed by atoms with Gasteiger partial charge in [0.05, 0.1) is 16.8 Å². The van der Waals surface area contributed by atoms with Crippen molar-refractivity contribution in [3.63, 3.8) is 0 Å². The molecule has 0 saturated heterocycles. The maximum absolute atomic E-state index is 14.6. The molecule has 1 amide bonds. The van der Waals surface area contributed by atoms with Crippen LogP contribution in [0.2, 0.25) is 0 Å². The first-order valence-corrected chi connectivity index (χ1v) is 16.6. The topological polar surface area (TPSA) is 51.2 Å². The summed E-state index contributed by atoms with van der Waals surface area (Å²) < 4.78 is 49.3. The van der Waals surface area contributed by atoms with Crippen LogP contribution in [0.5, 0.6) is 5.75 Å². The number of carbonyl (C=O) groups excluding carboxylic acids is 1. The van der Waals surface area contributed by atoms with Gasteiger partial charge in [-0.05, 0) is 107 Å². The van der Waals surface area contributed by atoms with Crippen molar-refractivity contribution < 1.29 is 22.7 Å². The number of nitrogens with one attached hydrogen (secondary N) is 1. The molecule has 0 fully saturated rings. The number of rotatable bonds is 6. The van der Waals surface area contributed by atoms with E-state index in [-0.39, 0.29) is 5.52 Å². The van der Waals surface area contributed by atoms with Crippen LogP contribution in [0.25, 0.3) is 44.4 Å². The van der Waals surface area contributed by atoms with E-state index < -0.39 is 17.8 Å². The van der Waals surface area contributed by atoms with Gasteiger partial charge in [-0.25, -0.2) is 9.78 Å². The van der Waals surface area contributed by atoms with Crippen molar-refractivity contribution in [3.05, 3.63) is 173 Å². The Bertz CT molecular complexity index is 2440. The maximum atomic E-state index is 14.6. The van der Waals surface area contributed by atoms with Crippen molar-refractivity contribution in [2.45, 2.75) is 25.9 Å². The molecule has 0 saturated carbocycles. The lowest BCUT2D eigenvalue weighted by Crippen LogP contribution is -2.16. The molecule has 0 aliphatic heterocycles. The summed E-state index contributed by atoms with van der Waals surface area (Å²) in [5.74, 6) is 0.392. The first kappa shape index (κ1) is 32.0. The van der Waals surface area contributed by atoms with Crippen LogP contribution < -0.4 is 10.1 Å². The summed E-state index contributed by atoms with van der Waals surface area (Å²) in [6.07, 6.45) is -4.01. The van der Waals surface area contributed by atoms with Crippen molar-refractivity contribution in [3.8, 4) is 39.3 Å². The number of hydrogen-bond donors (Lipinski definition) is 1. The van der Waals surface area contributed by atoms with Gasteiger partial charge in [0.1, 0.15) is 5.75 Å². The Balaban J connectivity index is 1.28. The van der Waals surface area contributed by atoms with E-state index in [2.05, 4.69) is 41.7 Å². The fourth-order valence-corrected chi connectivity index (χ4v) is 6.93. The van der Waals surface area contributed by atoms with Crippen LogP contribution in [0, 0.1) is 6.92 Å². The molecule has 7 heteroatoms. The summed E-state index contributed by atoms with van der Waals surface area (Å²) in [5, 5.41) is 3.12. The van der Waals surface area contributed by atoms with Gasteiger partial charge < -0.3 is 4.74 Å². The van der Waals surface area contributed by atoms with E-state index in [0.29, 0.717) is 46.5 Å². The van der Waals surface area contributed by atoms with Crippen molar-refractivity contribution in [1.82, 2.24) is 4.98 Å². The first-order valence-electron chi connectivity index (χ1n) is 16.6. The van der Waals surface area contributed by atoms with E-state index >= 15 is 0 Å². The number of pyridine rings is 1. The van der Waals surface area contributed by atoms with E-state index in [1.165, 1.54) is 11.6 Å². The molecule has 0 unspecified atom stereocenters. The Morgan fingerprint density at radius 1 is 0.725 bits per heavy atom. The van der Waals surface area contributed by atoms with Crippen LogP contribution >= 0.6 is 0 Å². The first-order chi connectivity index (χ1) is 24.7. The second kappa shape index (κ2) is 12.9. The molecule has 51 heavy (non-hydrogen) atoms. The number of carbonyl (C=O) groups is 1. The molecule has 0 atom stereocenters. The van der Waals surface area contributed by atoms with Crippen molar-refractivity contribution in [1.29, 1.82) is 0 Å². The highest BCUT2D eigenvalue weighted by Crippen LogP contribution is 2.45. The summed E-state index contributed by atoms with van der Waals surface area (Å²) in [5.41, 5.74) is 9.52. The van der Waals surface area contributed by atoms with Gasteiger partial charge in [-0.2, -0.15) is 13.2 Å². The molecule has 1 N–H and O–H groups in total. The molecular formula is C44H31F3N2O2. The number of amides is 1. The summed E-state index contributed by atoms with van der Waals surface area (Å²) in [7, 11) is 0. The third-order valence-electron chi connectivity index (χ3n) is 9.31. The number of nitrogens with zero attached hydrogens (tertiary/aromatic N) is 1. The molecule has 1 heterocycles. The van der Waals surface area contributed by atoms with Gasteiger partial charge in [0.2, 0.25) is 0 Å². The highest BCUT2D eigenvalue weighted by atomic mass is 19.4. The molecule has 1 aromatic heterocycles. The Morgan fingerprint density at radius 3 is 2.27 bits per heavy atom. The summed E-state index contributed by atoms with van der Waals surface area (Å²) >= 11 is 0. The predicted octanol–water partition coefficient (Wildman–Crippen LogP) is 11.7. The molecule has 0 spiro atoms. The lowest BCUT2D eigenvalue weighted by molar-refractivity contribution is -0.136. The SMILES string of the molecule is Cc1ccc(OC(=O)Nc2cccc(-c3cc(-c4cc(Cc5ccccc5)cc5c4Cc4ccccc4-5)nc4c(C(F)(F)F)cccc34)c2)cc1. The summed E-state index contributed by atoms with van der Waals surface area (Å²) in [6, 6.07) is 42.7. The van der Waals surface area contributed by atoms with Crippen LogP contribution in [0.3, 0.4) is 0 Å². The number of alkyl halides is 3. The lowest BCUT2D eigenvalue weighted by atomic mass is 9.91. The second-order valence-electron chi connectivity index (χ2n) is 12.8. The second-order valence-corrected chi connectivity index (χ2v) is 12.8. The number of aryl methyl sites for hydroxylation is 1. The van der Waals surface area contributed by atoms with Crippen LogP contribution in [-0.4, -0.2) is 11.1 Å². The fourth-order valence-electron chi connectivity index (χ4n) is 6.93. The molecule has 7 aromatic rings. The standard InChI is InChI=1S/C44H31F3N2O2/c1-27-17-19-33(20-18-27)51-43(50)48-32-13-7-12-30(24-32)36-26-41(49-42-35(36)15-8-16-40(42)44(45,46)47)39-23-29(21-28-9-3-2-4-10-28)22-37-34-14-6-5-11-31(34)25-38(37)39/h2-20,22-24,26H,21,25H2,1H3,(H,48,50). The number of fused-ring (bicyclic) bond motifs is 4. The molecule has 0 radical (unpaired) electrons. The normalized spacial score (nSPS) is 12.0. The Morgan fingerprint density at radius 2 is 1.47 bits per heavy atom. The van der Waals surface area contributed by atoms with E-state index in [4.69, 9.17) is 9.72 Å². The molecule has 8 rings (SSSR count). The highest BCUT2D eigenvalue weighted by Gasteiger charge is 2.34. The van der Waals surface area contributed by atoms with Crippen LogP contribution in [-0.2, 0) is 19.0 Å². The average molecular weight is 677 g/mol. The van der Waals surface area contributed by atoms with Gasteiger partial charge in [-0.15, -0.1) is 0 Å². The molecule has 4 nitrogen and oxygen atoms in total. The molecule has 250 valence electrons. The van der Waals surface area contributed by atoms with Crippen LogP contribution in [0.15, 0.2) is 140 Å². The molecular weight excluding hydrogens is 645 g/mol. The van der Waals surface area contributed by atoms with E-state index in [1.54, 1.807) is 36.4 Å². The van der Waals surface area contributed by atoms with Gasteiger partial charge in [-0.1, -0.05) is 103 Å². The highest BCUT2D eigenvalue weighted by molar-refractivity contribution is 6.00. The number of hydrogen-bond acceptors (Lipinski definition) is 3. The van der Waals surface area contributed by atoms with E-state index in [1.807, 2.05) is 61.5 Å². The zero-order valence-corrected chi connectivity index (χ0v) is 27.6. The average Bonchev–Trinajstić information content (AvgIpc) is 3.50. The number of anilines is 1. The van der Waals surface area contributed by atoms with Gasteiger partial charge in [0, 0.05) is 16.6 Å². The third kappa shape index (κ3) is 6.46. The fraction of sp³-hybridized carbons (Fsp3) is 0.0909.